The van der Waals surface area contributed by atoms with E-state index < -0.39 is 47.4 Å². The van der Waals surface area contributed by atoms with Crippen LogP contribution in [0.2, 0.25) is 0 Å². The molecular weight excluding hydrogens is 323 g/mol. The van der Waals surface area contributed by atoms with Gasteiger partial charge < -0.3 is 15.7 Å². The number of carbonyl (C=O) groups excluding carboxylic acids is 1. The first-order valence-electron chi connectivity index (χ1n) is 6.76. The van der Waals surface area contributed by atoms with Gasteiger partial charge in [0.25, 0.3) is 0 Å². The lowest BCUT2D eigenvalue weighted by Gasteiger charge is -2.25. The van der Waals surface area contributed by atoms with Gasteiger partial charge in [-0.05, 0) is 25.0 Å². The molecule has 0 aromatic heterocycles. The lowest BCUT2D eigenvalue weighted by Crippen LogP contribution is -2.48. The molecule has 0 spiro atoms. The van der Waals surface area contributed by atoms with Gasteiger partial charge in [-0.1, -0.05) is 13.0 Å². The molecule has 0 fully saturated rings. The molecule has 0 aliphatic carbocycles. The third-order valence-electron chi connectivity index (χ3n) is 3.39. The summed E-state index contributed by atoms with van der Waals surface area (Å²) in [6, 6.07) is -2.45. The number of aliphatic hydroxyl groups excluding tert-OH is 1. The molecule has 1 aromatic rings. The maximum Gasteiger partial charge on any atom is 0.413 e. The Kier molecular flexibility index (Phi) is 6.31. The summed E-state index contributed by atoms with van der Waals surface area (Å²) in [5.41, 5.74) is -1.28. The van der Waals surface area contributed by atoms with Crippen molar-refractivity contribution in [3.63, 3.8) is 0 Å². The third-order valence-corrected chi connectivity index (χ3v) is 3.39. The van der Waals surface area contributed by atoms with Crippen molar-refractivity contribution < 1.29 is 31.9 Å². The largest absolute Gasteiger partial charge is 0.413 e. The van der Waals surface area contributed by atoms with Crippen LogP contribution in [0.4, 0.5) is 26.7 Å². The van der Waals surface area contributed by atoms with Crippen molar-refractivity contribution in [3.8, 4) is 0 Å². The highest BCUT2D eigenvalue weighted by atomic mass is 19.4. The molecule has 1 aromatic carbocycles. The number of amides is 2. The highest BCUT2D eigenvalue weighted by Crippen LogP contribution is 2.35. The van der Waals surface area contributed by atoms with Gasteiger partial charge >= 0.3 is 12.2 Å². The summed E-state index contributed by atoms with van der Waals surface area (Å²) >= 11 is 0. The molecular formula is C14H17F5N2O2. The van der Waals surface area contributed by atoms with Crippen LogP contribution in [0.3, 0.4) is 0 Å². The second-order valence-corrected chi connectivity index (χ2v) is 5.18. The van der Waals surface area contributed by atoms with E-state index in [0.717, 1.165) is 6.07 Å². The highest BCUT2D eigenvalue weighted by molar-refractivity contribution is 5.75. The molecule has 0 aliphatic rings. The van der Waals surface area contributed by atoms with Gasteiger partial charge in [-0.25, -0.2) is 13.6 Å². The summed E-state index contributed by atoms with van der Waals surface area (Å²) in [7, 11) is 0. The van der Waals surface area contributed by atoms with Crippen molar-refractivity contribution in [1.29, 1.82) is 0 Å². The molecule has 0 saturated heterocycles. The zero-order valence-corrected chi connectivity index (χ0v) is 12.4. The Morgan fingerprint density at radius 3 is 2.13 bits per heavy atom. The molecule has 0 aliphatic heterocycles. The fourth-order valence-electron chi connectivity index (χ4n) is 1.78. The van der Waals surface area contributed by atoms with Gasteiger partial charge in [0.15, 0.2) is 6.04 Å². The molecule has 3 atom stereocenters. The van der Waals surface area contributed by atoms with Crippen molar-refractivity contribution in [2.45, 2.75) is 32.1 Å². The van der Waals surface area contributed by atoms with Crippen LogP contribution in [0, 0.1) is 17.6 Å². The topological polar surface area (TPSA) is 61.4 Å². The summed E-state index contributed by atoms with van der Waals surface area (Å²) in [6.07, 6.45) is -5.09. The molecule has 4 nitrogen and oxygen atoms in total. The first kappa shape index (κ1) is 19.1. The van der Waals surface area contributed by atoms with Crippen molar-refractivity contribution in [3.05, 3.63) is 35.4 Å². The Morgan fingerprint density at radius 2 is 1.70 bits per heavy atom. The molecule has 2 amide bonds. The highest BCUT2D eigenvalue weighted by Gasteiger charge is 2.45. The predicted molar refractivity (Wildman–Crippen MR) is 72.5 cm³/mol. The van der Waals surface area contributed by atoms with Crippen molar-refractivity contribution in [1.82, 2.24) is 10.6 Å². The average Bonchev–Trinajstić information content (AvgIpc) is 2.43. The van der Waals surface area contributed by atoms with Crippen LogP contribution in [0.5, 0.6) is 0 Å². The van der Waals surface area contributed by atoms with E-state index in [-0.39, 0.29) is 6.61 Å². The number of hydrogen-bond donors (Lipinski definition) is 3. The fraction of sp³-hybridized carbons (Fsp3) is 0.500. The fourth-order valence-corrected chi connectivity index (χ4v) is 1.78. The lowest BCUT2D eigenvalue weighted by atomic mass is 10.0. The normalized spacial score (nSPS) is 15.7. The molecule has 9 heteroatoms. The minimum absolute atomic E-state index is 0.286. The van der Waals surface area contributed by atoms with Crippen LogP contribution in [0.25, 0.3) is 0 Å². The number of carbonyl (C=O) groups is 1. The standard InChI is InChI=1S/C14H17F5N2O2/c1-7(6-22)8(2)20-13(23)21-12(14(17,18)19)11-9(15)4-3-5-10(11)16/h3-5,7-8,12,22H,6H2,1-2H3,(H2,20,21,23)/t7-,8-,12+/m1/s1. The second-order valence-electron chi connectivity index (χ2n) is 5.18. The average molecular weight is 340 g/mol. The summed E-state index contributed by atoms with van der Waals surface area (Å²) in [4.78, 5) is 11.7. The number of benzene rings is 1. The summed E-state index contributed by atoms with van der Waals surface area (Å²) in [5, 5.41) is 12.6. The van der Waals surface area contributed by atoms with E-state index in [1.165, 1.54) is 12.2 Å². The van der Waals surface area contributed by atoms with Crippen LogP contribution < -0.4 is 10.6 Å². The number of halogens is 5. The zero-order valence-electron chi connectivity index (χ0n) is 12.4. The van der Waals surface area contributed by atoms with Crippen LogP contribution in [-0.4, -0.2) is 30.0 Å². The third kappa shape index (κ3) is 5.05. The maximum atomic E-state index is 13.6. The number of urea groups is 1. The molecule has 3 N–H and O–H groups in total. The number of aliphatic hydroxyl groups is 1. The van der Waals surface area contributed by atoms with E-state index in [2.05, 4.69) is 5.32 Å². The molecule has 0 heterocycles. The monoisotopic (exact) mass is 340 g/mol. The van der Waals surface area contributed by atoms with Crippen LogP contribution in [-0.2, 0) is 0 Å². The molecule has 23 heavy (non-hydrogen) atoms. The Bertz CT molecular complexity index is 530. The SMILES string of the molecule is C[C@H](CO)[C@@H](C)NC(=O)N[C@@H](c1c(F)cccc1F)C(F)(F)F. The van der Waals surface area contributed by atoms with E-state index >= 15 is 0 Å². The Balaban J connectivity index is 3.00. The zero-order chi connectivity index (χ0) is 17.8. The van der Waals surface area contributed by atoms with E-state index in [9.17, 15) is 26.7 Å². The molecule has 0 radical (unpaired) electrons. The Labute approximate surface area is 129 Å². The van der Waals surface area contributed by atoms with Crippen molar-refractivity contribution in [2.24, 2.45) is 5.92 Å². The van der Waals surface area contributed by atoms with Gasteiger partial charge in [0.2, 0.25) is 0 Å². The number of alkyl halides is 3. The lowest BCUT2D eigenvalue weighted by molar-refractivity contribution is -0.156. The van der Waals surface area contributed by atoms with Gasteiger partial charge in [0.1, 0.15) is 11.6 Å². The van der Waals surface area contributed by atoms with Crippen molar-refractivity contribution in [2.75, 3.05) is 6.61 Å². The van der Waals surface area contributed by atoms with E-state index in [1.807, 2.05) is 0 Å². The van der Waals surface area contributed by atoms with Crippen LogP contribution in [0.15, 0.2) is 18.2 Å². The molecule has 0 bridgehead atoms. The Hall–Kier alpha value is -1.90. The Morgan fingerprint density at radius 1 is 1.17 bits per heavy atom. The van der Waals surface area contributed by atoms with Gasteiger partial charge in [-0.2, -0.15) is 13.2 Å². The molecule has 0 saturated carbocycles. The number of rotatable bonds is 5. The van der Waals surface area contributed by atoms with Gasteiger partial charge in [0.05, 0.1) is 5.56 Å². The minimum atomic E-state index is -5.09. The van der Waals surface area contributed by atoms with Crippen LogP contribution >= 0.6 is 0 Å². The molecule has 130 valence electrons. The first-order valence-corrected chi connectivity index (χ1v) is 6.76. The van der Waals surface area contributed by atoms with Gasteiger partial charge in [-0.3, -0.25) is 0 Å². The summed E-state index contributed by atoms with van der Waals surface area (Å²) in [6.45, 7) is 2.77. The van der Waals surface area contributed by atoms with Gasteiger partial charge in [-0.15, -0.1) is 0 Å². The second kappa shape index (κ2) is 7.58. The van der Waals surface area contributed by atoms with E-state index in [4.69, 9.17) is 5.11 Å². The van der Waals surface area contributed by atoms with Crippen molar-refractivity contribution >= 4 is 6.03 Å². The summed E-state index contributed by atoms with van der Waals surface area (Å²) in [5.74, 6) is -3.23. The predicted octanol–water partition coefficient (Wildman–Crippen LogP) is 2.88. The first-order chi connectivity index (χ1) is 10.6. The number of nitrogens with one attached hydrogen (secondary N) is 2. The van der Waals surface area contributed by atoms with Crippen LogP contribution in [0.1, 0.15) is 25.5 Å². The molecule has 0 unspecified atom stereocenters. The van der Waals surface area contributed by atoms with E-state index in [0.29, 0.717) is 12.1 Å². The maximum absolute atomic E-state index is 13.6. The molecule has 1 rings (SSSR count). The smallest absolute Gasteiger partial charge is 0.396 e. The van der Waals surface area contributed by atoms with Gasteiger partial charge in [0, 0.05) is 12.6 Å². The number of hydrogen-bond acceptors (Lipinski definition) is 2. The minimum Gasteiger partial charge on any atom is -0.396 e. The summed E-state index contributed by atoms with van der Waals surface area (Å²) < 4.78 is 66.4. The quantitative estimate of drug-likeness (QED) is 0.722. The van der Waals surface area contributed by atoms with E-state index in [1.54, 1.807) is 6.92 Å².